The van der Waals surface area contributed by atoms with Crippen LogP contribution in [0.4, 0.5) is 0 Å². The van der Waals surface area contributed by atoms with Gasteiger partial charge in [-0.05, 0) is 31.4 Å². The number of carbonyl (C=O) groups is 4. The Morgan fingerprint density at radius 2 is 1.82 bits per heavy atom. The second-order valence-corrected chi connectivity index (χ2v) is 7.63. The Kier molecular flexibility index (Phi) is 12.2. The van der Waals surface area contributed by atoms with Crippen LogP contribution in [0.3, 0.4) is 0 Å². The number of likely N-dealkylation sites (N-methyl/N-ethyl adjacent to an activating group) is 1. The summed E-state index contributed by atoms with van der Waals surface area (Å²) >= 11 is 0. The Balaban J connectivity index is 2.94. The fourth-order valence-corrected chi connectivity index (χ4v) is 3.07. The van der Waals surface area contributed by atoms with E-state index in [9.17, 15) is 24.3 Å². The Bertz CT molecular complexity index is 839. The molecule has 1 aromatic rings. The normalized spacial score (nSPS) is 13.2. The zero-order valence-electron chi connectivity index (χ0n) is 18.8. The molecule has 0 aliphatic heterocycles. The number of carboxylic acid groups (broad SMARTS) is 1. The summed E-state index contributed by atoms with van der Waals surface area (Å²) in [6.45, 7) is 0.0376. The number of carbonyl (C=O) groups excluding carboxylic acids is 3. The monoisotopic (exact) mass is 459 g/mol. The molecule has 0 aliphatic rings. The molecule has 10 heteroatoms. The fraction of sp³-hybridized carbons (Fsp3) is 0.478. The third-order valence-electron chi connectivity index (χ3n) is 5.09. The van der Waals surface area contributed by atoms with Crippen molar-refractivity contribution in [2.24, 2.45) is 11.5 Å². The number of amides is 3. The average molecular weight is 460 g/mol. The molecule has 0 spiro atoms. The van der Waals surface area contributed by atoms with Gasteiger partial charge in [-0.2, -0.15) is 0 Å². The van der Waals surface area contributed by atoms with Crippen LogP contribution in [-0.2, 0) is 25.6 Å². The van der Waals surface area contributed by atoms with Gasteiger partial charge >= 0.3 is 5.97 Å². The minimum absolute atomic E-state index is 0.0234. The lowest BCUT2D eigenvalue weighted by Gasteiger charge is -2.29. The van der Waals surface area contributed by atoms with Crippen LogP contribution >= 0.6 is 0 Å². The van der Waals surface area contributed by atoms with Crippen LogP contribution in [0, 0.1) is 12.3 Å². The molecule has 0 unspecified atom stereocenters. The highest BCUT2D eigenvalue weighted by atomic mass is 16.4. The van der Waals surface area contributed by atoms with Crippen LogP contribution in [0.2, 0.25) is 0 Å². The molecule has 0 heterocycles. The van der Waals surface area contributed by atoms with Gasteiger partial charge < -0.3 is 32.1 Å². The highest BCUT2D eigenvalue weighted by Gasteiger charge is 2.30. The molecule has 0 aliphatic carbocycles. The number of carboxylic acids is 1. The van der Waals surface area contributed by atoms with Crippen molar-refractivity contribution in [2.45, 2.75) is 50.2 Å². The van der Waals surface area contributed by atoms with Gasteiger partial charge in [-0.25, -0.2) is 4.79 Å². The number of nitrogens with one attached hydrogen (secondary N) is 2. The van der Waals surface area contributed by atoms with E-state index in [1.165, 1.54) is 11.9 Å². The summed E-state index contributed by atoms with van der Waals surface area (Å²) in [7, 11) is 1.42. The molecule has 10 nitrogen and oxygen atoms in total. The van der Waals surface area contributed by atoms with Crippen LogP contribution in [0.25, 0.3) is 0 Å². The van der Waals surface area contributed by atoms with Crippen molar-refractivity contribution in [3.8, 4) is 12.3 Å². The van der Waals surface area contributed by atoms with Crippen molar-refractivity contribution in [1.29, 1.82) is 0 Å². The van der Waals surface area contributed by atoms with Gasteiger partial charge in [0.05, 0.1) is 12.6 Å². The Labute approximate surface area is 194 Å². The Hall–Kier alpha value is -3.42. The van der Waals surface area contributed by atoms with Gasteiger partial charge in [0.2, 0.25) is 17.7 Å². The summed E-state index contributed by atoms with van der Waals surface area (Å²) in [5.74, 6) is -0.613. The lowest BCUT2D eigenvalue weighted by atomic mass is 10.0. The first kappa shape index (κ1) is 27.6. The maximum Gasteiger partial charge on any atom is 0.326 e. The van der Waals surface area contributed by atoms with Gasteiger partial charge in [-0.1, -0.05) is 30.3 Å². The molecule has 1 rings (SSSR count). The smallest absolute Gasteiger partial charge is 0.326 e. The van der Waals surface area contributed by atoms with E-state index in [2.05, 4.69) is 16.6 Å². The summed E-state index contributed by atoms with van der Waals surface area (Å²) < 4.78 is 0. The van der Waals surface area contributed by atoms with Crippen LogP contribution in [-0.4, -0.2) is 72.0 Å². The van der Waals surface area contributed by atoms with E-state index in [1.54, 1.807) is 24.3 Å². The average Bonchev–Trinajstić information content (AvgIpc) is 2.80. The number of rotatable bonds is 14. The lowest BCUT2D eigenvalue weighted by molar-refractivity contribution is -0.144. The van der Waals surface area contributed by atoms with Crippen molar-refractivity contribution in [1.82, 2.24) is 15.5 Å². The Morgan fingerprint density at radius 3 is 2.39 bits per heavy atom. The zero-order valence-corrected chi connectivity index (χ0v) is 18.8. The predicted octanol–water partition coefficient (Wildman–Crippen LogP) is -0.779. The number of hydrogen-bond donors (Lipinski definition) is 5. The summed E-state index contributed by atoms with van der Waals surface area (Å²) in [6.07, 6.45) is 6.71. The van der Waals surface area contributed by atoms with Crippen molar-refractivity contribution in [3.63, 3.8) is 0 Å². The fourth-order valence-electron chi connectivity index (χ4n) is 3.07. The molecule has 3 atom stereocenters. The molecular formula is C23H33N5O5. The van der Waals surface area contributed by atoms with Gasteiger partial charge in [0, 0.05) is 19.9 Å². The predicted molar refractivity (Wildman–Crippen MR) is 124 cm³/mol. The highest BCUT2D eigenvalue weighted by Crippen LogP contribution is 2.10. The third-order valence-corrected chi connectivity index (χ3v) is 5.09. The van der Waals surface area contributed by atoms with Gasteiger partial charge in [0.25, 0.3) is 0 Å². The summed E-state index contributed by atoms with van der Waals surface area (Å²) in [4.78, 5) is 50.5. The number of benzene rings is 1. The Morgan fingerprint density at radius 1 is 1.15 bits per heavy atom. The molecule has 180 valence electrons. The molecule has 0 aromatic heterocycles. The van der Waals surface area contributed by atoms with Gasteiger partial charge in [-0.15, -0.1) is 12.3 Å². The van der Waals surface area contributed by atoms with E-state index >= 15 is 0 Å². The van der Waals surface area contributed by atoms with Crippen LogP contribution < -0.4 is 22.1 Å². The largest absolute Gasteiger partial charge is 0.480 e. The van der Waals surface area contributed by atoms with E-state index in [1.807, 2.05) is 6.07 Å². The van der Waals surface area contributed by atoms with E-state index < -0.39 is 41.8 Å². The SMILES string of the molecule is C#CC[C@H](N)C(=O)NCC(=O)N(C)[C@@H](Cc1ccccc1)C(=O)N[C@@H](CCCCN)C(=O)O. The van der Waals surface area contributed by atoms with Crippen LogP contribution in [0.15, 0.2) is 30.3 Å². The standard InChI is InChI=1S/C23H33N5O5/c1-3-9-17(25)21(30)26-15-20(29)28(2)19(14-16-10-5-4-6-11-16)22(31)27-18(23(32)33)12-7-8-13-24/h1,4-6,10-11,17-19H,7-9,12-15,24-25H2,2H3,(H,26,30)(H,27,31)(H,32,33)/t17-,18-,19-/m0/s1. The molecule has 0 fully saturated rings. The first-order valence-corrected chi connectivity index (χ1v) is 10.7. The van der Waals surface area contributed by atoms with Crippen LogP contribution in [0.1, 0.15) is 31.2 Å². The number of terminal acetylenes is 1. The quantitative estimate of drug-likeness (QED) is 0.180. The van der Waals surface area contributed by atoms with Gasteiger partial charge in [0.1, 0.15) is 12.1 Å². The lowest BCUT2D eigenvalue weighted by Crippen LogP contribution is -2.55. The minimum Gasteiger partial charge on any atom is -0.480 e. The second-order valence-electron chi connectivity index (χ2n) is 7.63. The van der Waals surface area contributed by atoms with Gasteiger partial charge in [-0.3, -0.25) is 14.4 Å². The summed E-state index contributed by atoms with van der Waals surface area (Å²) in [5, 5.41) is 14.4. The molecule has 7 N–H and O–H groups in total. The van der Waals surface area contributed by atoms with Crippen molar-refractivity contribution >= 4 is 23.7 Å². The van der Waals surface area contributed by atoms with E-state index in [0.717, 1.165) is 5.56 Å². The first-order chi connectivity index (χ1) is 15.7. The second kappa shape index (κ2) is 14.6. The topological polar surface area (TPSA) is 168 Å². The third kappa shape index (κ3) is 9.72. The van der Waals surface area contributed by atoms with E-state index in [-0.39, 0.29) is 25.8 Å². The van der Waals surface area contributed by atoms with Crippen molar-refractivity contribution in [2.75, 3.05) is 20.1 Å². The van der Waals surface area contributed by atoms with E-state index in [0.29, 0.717) is 19.4 Å². The minimum atomic E-state index is -1.16. The number of aliphatic carboxylic acids is 1. The maximum atomic E-state index is 13.1. The number of unbranched alkanes of at least 4 members (excludes halogenated alkanes) is 1. The molecule has 0 radical (unpaired) electrons. The van der Waals surface area contributed by atoms with Crippen molar-refractivity contribution < 1.29 is 24.3 Å². The van der Waals surface area contributed by atoms with Crippen LogP contribution in [0.5, 0.6) is 0 Å². The molecule has 0 bridgehead atoms. The summed E-state index contributed by atoms with van der Waals surface area (Å²) in [6, 6.07) is 5.98. The molecular weight excluding hydrogens is 426 g/mol. The molecule has 3 amide bonds. The molecule has 1 aromatic carbocycles. The highest BCUT2D eigenvalue weighted by molar-refractivity contribution is 5.92. The first-order valence-electron chi connectivity index (χ1n) is 10.7. The zero-order chi connectivity index (χ0) is 24.8. The maximum absolute atomic E-state index is 13.1. The summed E-state index contributed by atoms with van der Waals surface area (Å²) in [5.41, 5.74) is 11.9. The molecule has 33 heavy (non-hydrogen) atoms. The number of hydrogen-bond acceptors (Lipinski definition) is 6. The number of nitrogens with two attached hydrogens (primary N) is 2. The molecule has 0 saturated heterocycles. The van der Waals surface area contributed by atoms with E-state index in [4.69, 9.17) is 17.9 Å². The molecule has 0 saturated carbocycles. The van der Waals surface area contributed by atoms with Crippen molar-refractivity contribution in [3.05, 3.63) is 35.9 Å². The van der Waals surface area contributed by atoms with Gasteiger partial charge in [0.15, 0.2) is 0 Å². The number of nitrogens with zero attached hydrogens (tertiary/aromatic N) is 1.